The van der Waals surface area contributed by atoms with Crippen LogP contribution in [0.1, 0.15) is 24.6 Å². The highest BCUT2D eigenvalue weighted by molar-refractivity contribution is 7.16. The molecule has 1 unspecified atom stereocenters. The minimum absolute atomic E-state index is 0.200. The highest BCUT2D eigenvalue weighted by atomic mass is 32.1. The summed E-state index contributed by atoms with van der Waals surface area (Å²) in [6.45, 7) is 6.59. The molecule has 1 saturated heterocycles. The lowest BCUT2D eigenvalue weighted by molar-refractivity contribution is 0.358. The van der Waals surface area contributed by atoms with Gasteiger partial charge in [-0.15, -0.1) is 0 Å². The third kappa shape index (κ3) is 4.64. The van der Waals surface area contributed by atoms with Gasteiger partial charge in [0.2, 0.25) is 0 Å². The number of hydrogen-bond donors (Lipinski definition) is 1. The first kappa shape index (κ1) is 23.4. The van der Waals surface area contributed by atoms with Crippen LogP contribution < -0.4 is 10.2 Å². The van der Waals surface area contributed by atoms with Crippen molar-refractivity contribution in [2.75, 3.05) is 44.7 Å². The van der Waals surface area contributed by atoms with Crippen molar-refractivity contribution in [3.05, 3.63) is 58.5 Å². The number of thiazole rings is 1. The van der Waals surface area contributed by atoms with Crippen LogP contribution in [0, 0.1) is 23.1 Å². The normalized spacial score (nSPS) is 20.1. The summed E-state index contributed by atoms with van der Waals surface area (Å²) in [7, 11) is 1.97. The van der Waals surface area contributed by atoms with E-state index in [2.05, 4.69) is 35.4 Å². The van der Waals surface area contributed by atoms with E-state index in [-0.39, 0.29) is 11.7 Å². The Morgan fingerprint density at radius 1 is 1.26 bits per heavy atom. The van der Waals surface area contributed by atoms with Gasteiger partial charge in [-0.05, 0) is 43.2 Å². The fraction of sp³-hybridized carbons (Fsp3) is 0.385. The fourth-order valence-corrected chi connectivity index (χ4v) is 5.55. The van der Waals surface area contributed by atoms with E-state index in [9.17, 15) is 9.65 Å². The van der Waals surface area contributed by atoms with Crippen molar-refractivity contribution < 1.29 is 4.39 Å². The molecule has 35 heavy (non-hydrogen) atoms. The molecule has 1 aromatic carbocycles. The van der Waals surface area contributed by atoms with Gasteiger partial charge < -0.3 is 15.1 Å². The Kier molecular flexibility index (Phi) is 6.75. The Balaban J connectivity index is 1.58. The first-order valence-corrected chi connectivity index (χ1v) is 12.8. The van der Waals surface area contributed by atoms with Crippen molar-refractivity contribution in [3.8, 4) is 17.3 Å². The molecule has 1 fully saturated rings. The van der Waals surface area contributed by atoms with Crippen LogP contribution >= 0.6 is 11.3 Å². The molecule has 0 amide bonds. The lowest BCUT2D eigenvalue weighted by Crippen LogP contribution is -2.46. The number of benzene rings is 1. The maximum Gasteiger partial charge on any atom is 0.191 e. The van der Waals surface area contributed by atoms with E-state index < -0.39 is 0 Å². The molecule has 0 aliphatic carbocycles. The molecule has 5 rings (SSSR count). The zero-order chi connectivity index (χ0) is 24.4. The zero-order valence-electron chi connectivity index (χ0n) is 20.0. The van der Waals surface area contributed by atoms with Gasteiger partial charge in [-0.2, -0.15) is 5.26 Å². The molecular weight excluding hydrogens is 461 g/mol. The van der Waals surface area contributed by atoms with Crippen molar-refractivity contribution in [1.29, 1.82) is 5.26 Å². The van der Waals surface area contributed by atoms with Gasteiger partial charge in [-0.1, -0.05) is 24.3 Å². The SMILES string of the molecule is CCC1=NCC2CC=CC(N3CCNCC3)=NC2=C1N(C)c1nc(-c2ccc(F)cc2)c(C#N)s1. The number of aromatic nitrogens is 1. The summed E-state index contributed by atoms with van der Waals surface area (Å²) in [5, 5.41) is 13.9. The molecule has 2 aromatic rings. The molecule has 0 spiro atoms. The lowest BCUT2D eigenvalue weighted by atomic mass is 9.94. The van der Waals surface area contributed by atoms with Gasteiger partial charge in [0.25, 0.3) is 0 Å². The topological polar surface area (TPSA) is 79.9 Å². The number of dihydropyridines is 1. The Morgan fingerprint density at radius 2 is 2.03 bits per heavy atom. The van der Waals surface area contributed by atoms with Gasteiger partial charge in [-0.25, -0.2) is 14.4 Å². The highest BCUT2D eigenvalue weighted by Gasteiger charge is 2.31. The van der Waals surface area contributed by atoms with E-state index in [0.717, 1.165) is 74.1 Å². The van der Waals surface area contributed by atoms with Gasteiger partial charge in [0.05, 0.1) is 17.1 Å². The maximum atomic E-state index is 13.5. The largest absolute Gasteiger partial charge is 0.354 e. The number of halogens is 1. The summed E-state index contributed by atoms with van der Waals surface area (Å²) >= 11 is 1.33. The minimum atomic E-state index is -0.316. The smallest absolute Gasteiger partial charge is 0.191 e. The number of nitrogens with one attached hydrogen (secondary N) is 1. The Hall–Kier alpha value is -3.35. The molecule has 0 bridgehead atoms. The van der Waals surface area contributed by atoms with Gasteiger partial charge in [0.15, 0.2) is 5.13 Å². The third-order valence-electron chi connectivity index (χ3n) is 6.56. The first-order valence-electron chi connectivity index (χ1n) is 12.0. The van der Waals surface area contributed by atoms with E-state index in [4.69, 9.17) is 15.0 Å². The van der Waals surface area contributed by atoms with E-state index in [0.29, 0.717) is 15.7 Å². The van der Waals surface area contributed by atoms with Crippen molar-refractivity contribution in [1.82, 2.24) is 15.2 Å². The number of nitrogens with zero attached hydrogens (tertiary/aromatic N) is 6. The van der Waals surface area contributed by atoms with Crippen LogP contribution in [0.4, 0.5) is 9.52 Å². The fourth-order valence-electron chi connectivity index (χ4n) is 4.69. The predicted molar refractivity (Wildman–Crippen MR) is 139 cm³/mol. The van der Waals surface area contributed by atoms with E-state index in [1.54, 1.807) is 12.1 Å². The average molecular weight is 490 g/mol. The molecule has 9 heteroatoms. The molecule has 3 aliphatic heterocycles. The van der Waals surface area contributed by atoms with Crippen LogP contribution in [-0.2, 0) is 0 Å². The van der Waals surface area contributed by atoms with Crippen molar-refractivity contribution in [2.45, 2.75) is 19.8 Å². The van der Waals surface area contributed by atoms with Crippen LogP contribution in [0.3, 0.4) is 0 Å². The summed E-state index contributed by atoms with van der Waals surface area (Å²) in [6, 6.07) is 8.37. The van der Waals surface area contributed by atoms with Crippen molar-refractivity contribution in [3.63, 3.8) is 0 Å². The quantitative estimate of drug-likeness (QED) is 0.696. The minimum Gasteiger partial charge on any atom is -0.354 e. The lowest BCUT2D eigenvalue weighted by Gasteiger charge is -2.31. The Bertz CT molecular complexity index is 1260. The summed E-state index contributed by atoms with van der Waals surface area (Å²) < 4.78 is 13.5. The second-order valence-electron chi connectivity index (χ2n) is 8.77. The van der Waals surface area contributed by atoms with Gasteiger partial charge >= 0.3 is 0 Å². The Morgan fingerprint density at radius 3 is 2.74 bits per heavy atom. The van der Waals surface area contributed by atoms with Crippen LogP contribution in [0.25, 0.3) is 11.3 Å². The predicted octanol–water partition coefficient (Wildman–Crippen LogP) is 4.21. The number of rotatable bonds is 4. The number of allylic oxidation sites excluding steroid dienone is 2. The summed E-state index contributed by atoms with van der Waals surface area (Å²) in [4.78, 5) is 19.8. The van der Waals surface area contributed by atoms with E-state index in [1.165, 1.54) is 23.5 Å². The number of piperazine rings is 1. The molecule has 1 atom stereocenters. The van der Waals surface area contributed by atoms with Crippen LogP contribution in [0.15, 0.2) is 57.8 Å². The number of aliphatic imine (C=N–C) groups is 2. The number of nitriles is 1. The maximum absolute atomic E-state index is 13.5. The molecule has 0 radical (unpaired) electrons. The van der Waals surface area contributed by atoms with Gasteiger partial charge in [0, 0.05) is 51.3 Å². The summed E-state index contributed by atoms with van der Waals surface area (Å²) in [5.41, 5.74) is 4.31. The second-order valence-corrected chi connectivity index (χ2v) is 9.75. The molecular formula is C26H28FN7S. The van der Waals surface area contributed by atoms with E-state index >= 15 is 0 Å². The van der Waals surface area contributed by atoms with Crippen molar-refractivity contribution >= 4 is 28.0 Å². The number of fused-ring (bicyclic) bond motifs is 1. The molecule has 1 aromatic heterocycles. The van der Waals surface area contributed by atoms with Crippen LogP contribution in [0.5, 0.6) is 0 Å². The number of amidine groups is 1. The standard InChI is InChI=1S/C26H28FN7S/c1-3-20-25(24-18(16-30-20)5-4-6-22(31-24)34-13-11-29-12-14-34)33(2)26-32-23(21(15-28)35-26)17-7-9-19(27)10-8-17/h4,6-10,18,29H,3,5,11-14,16H2,1-2H3. The summed E-state index contributed by atoms with van der Waals surface area (Å²) in [6.07, 6.45) is 6.02. The van der Waals surface area contributed by atoms with Gasteiger partial charge in [-0.3, -0.25) is 4.99 Å². The van der Waals surface area contributed by atoms with Crippen molar-refractivity contribution in [2.24, 2.45) is 15.9 Å². The highest BCUT2D eigenvalue weighted by Crippen LogP contribution is 2.37. The average Bonchev–Trinajstić information content (AvgIpc) is 3.21. The number of anilines is 1. The molecule has 7 nitrogen and oxygen atoms in total. The molecule has 1 N–H and O–H groups in total. The number of hydrogen-bond acceptors (Lipinski definition) is 8. The molecule has 180 valence electrons. The third-order valence-corrected chi connectivity index (χ3v) is 7.60. The first-order chi connectivity index (χ1) is 17.1. The second kappa shape index (κ2) is 10.1. The molecule has 0 saturated carbocycles. The van der Waals surface area contributed by atoms with Crippen LogP contribution in [0.2, 0.25) is 0 Å². The summed E-state index contributed by atoms with van der Waals surface area (Å²) in [5.74, 6) is 0.881. The molecule has 3 aliphatic rings. The monoisotopic (exact) mass is 489 g/mol. The zero-order valence-corrected chi connectivity index (χ0v) is 20.8. The molecule has 4 heterocycles. The van der Waals surface area contributed by atoms with E-state index in [1.807, 2.05) is 11.9 Å². The van der Waals surface area contributed by atoms with Gasteiger partial charge in [0.1, 0.15) is 28.3 Å². The Labute approximate surface area is 209 Å². The van der Waals surface area contributed by atoms with Crippen LogP contribution in [-0.4, -0.2) is 61.2 Å².